The molecule has 0 unspecified atom stereocenters. The molecule has 1 heterocycles. The molecule has 3 rings (SSSR count). The maximum Gasteiger partial charge on any atom is 0.253 e. The zero-order valence-electron chi connectivity index (χ0n) is 18.1. The minimum atomic E-state index is -0.422. The minimum absolute atomic E-state index is 0.0610. The molecule has 0 atom stereocenters. The van der Waals surface area contributed by atoms with Crippen LogP contribution in [0.3, 0.4) is 0 Å². The molecule has 5 nitrogen and oxygen atoms in total. The van der Waals surface area contributed by atoms with E-state index in [9.17, 15) is 9.59 Å². The second-order valence-corrected chi connectivity index (χ2v) is 7.78. The molecule has 0 saturated carbocycles. The summed E-state index contributed by atoms with van der Waals surface area (Å²) in [6.45, 7) is 7.44. The average Bonchev–Trinajstić information content (AvgIpc) is 2.77. The Hall–Kier alpha value is -2.92. The molecule has 2 N–H and O–H groups in total. The smallest absolute Gasteiger partial charge is 0.253 e. The number of benzene rings is 2. The van der Waals surface area contributed by atoms with Crippen LogP contribution in [0.1, 0.15) is 58.5 Å². The number of nitrogens with two attached hydrogens (primary N) is 1. The Bertz CT molecular complexity index is 916. The summed E-state index contributed by atoms with van der Waals surface area (Å²) in [5, 5.41) is 0. The van der Waals surface area contributed by atoms with E-state index < -0.39 is 5.91 Å². The molecule has 0 bridgehead atoms. The van der Waals surface area contributed by atoms with Crippen molar-refractivity contribution in [2.24, 2.45) is 5.73 Å². The van der Waals surface area contributed by atoms with Gasteiger partial charge in [0.2, 0.25) is 5.91 Å². The topological polar surface area (TPSA) is 66.6 Å². The van der Waals surface area contributed by atoms with Gasteiger partial charge in [-0.15, -0.1) is 0 Å². The van der Waals surface area contributed by atoms with Crippen LogP contribution in [0.25, 0.3) is 5.57 Å². The fraction of sp³-hybridized carbons (Fsp3) is 0.360. The Morgan fingerprint density at radius 3 is 1.70 bits per heavy atom. The second kappa shape index (κ2) is 9.72. The number of hydrogen-bond donors (Lipinski definition) is 1. The zero-order valence-corrected chi connectivity index (χ0v) is 18.1. The number of rotatable bonds is 6. The summed E-state index contributed by atoms with van der Waals surface area (Å²) >= 11 is 0. The van der Waals surface area contributed by atoms with Crippen LogP contribution in [0.15, 0.2) is 54.1 Å². The van der Waals surface area contributed by atoms with Crippen LogP contribution in [0.4, 0.5) is 0 Å². The largest absolute Gasteiger partial charge is 0.366 e. The van der Waals surface area contributed by atoms with Crippen LogP contribution < -0.4 is 5.73 Å². The Kier molecular flexibility index (Phi) is 7.06. The van der Waals surface area contributed by atoms with E-state index in [0.717, 1.165) is 37.1 Å². The third-order valence-electron chi connectivity index (χ3n) is 5.87. The standard InChI is InChI=1S/C25H31N3O2/c1-4-28(5-2)25(30)22-12-8-19(9-13-22)23(20-14-16-27(3)17-15-20)18-6-10-21(11-7-18)24(26)29/h6-13H,4-5,14-17H2,1-3H3,(H2,26,29). The monoisotopic (exact) mass is 405 g/mol. The second-order valence-electron chi connectivity index (χ2n) is 7.78. The van der Waals surface area contributed by atoms with Gasteiger partial charge in [0.25, 0.3) is 5.91 Å². The van der Waals surface area contributed by atoms with E-state index in [4.69, 9.17) is 5.73 Å². The molecule has 1 saturated heterocycles. The summed E-state index contributed by atoms with van der Waals surface area (Å²) in [5.74, 6) is -0.361. The molecule has 1 fully saturated rings. The lowest BCUT2D eigenvalue weighted by Gasteiger charge is -2.27. The summed E-state index contributed by atoms with van der Waals surface area (Å²) in [7, 11) is 2.14. The van der Waals surface area contributed by atoms with E-state index in [1.54, 1.807) is 12.1 Å². The molecule has 2 aromatic rings. The molecule has 2 aromatic carbocycles. The number of hydrogen-bond acceptors (Lipinski definition) is 3. The Morgan fingerprint density at radius 1 is 0.833 bits per heavy atom. The van der Waals surface area contributed by atoms with Crippen LogP contribution in [-0.2, 0) is 0 Å². The molecule has 158 valence electrons. The molecular weight excluding hydrogens is 374 g/mol. The molecule has 0 radical (unpaired) electrons. The van der Waals surface area contributed by atoms with Crippen molar-refractivity contribution in [1.82, 2.24) is 9.80 Å². The van der Waals surface area contributed by atoms with E-state index in [1.807, 2.05) is 55.1 Å². The van der Waals surface area contributed by atoms with Gasteiger partial charge in [0.15, 0.2) is 0 Å². The molecule has 0 aromatic heterocycles. The third kappa shape index (κ3) is 4.79. The predicted molar refractivity (Wildman–Crippen MR) is 121 cm³/mol. The van der Waals surface area contributed by atoms with Crippen molar-refractivity contribution in [2.45, 2.75) is 26.7 Å². The molecule has 5 heteroatoms. The number of likely N-dealkylation sites (tertiary alicyclic amines) is 1. The first-order valence-corrected chi connectivity index (χ1v) is 10.6. The Morgan fingerprint density at radius 2 is 1.27 bits per heavy atom. The highest BCUT2D eigenvalue weighted by Crippen LogP contribution is 2.32. The van der Waals surface area contributed by atoms with Gasteiger partial charge in [-0.2, -0.15) is 0 Å². The van der Waals surface area contributed by atoms with Crippen LogP contribution in [0.2, 0.25) is 0 Å². The van der Waals surface area contributed by atoms with Gasteiger partial charge in [0.05, 0.1) is 0 Å². The normalized spacial score (nSPS) is 14.4. The van der Waals surface area contributed by atoms with Gasteiger partial charge >= 0.3 is 0 Å². The predicted octanol–water partition coefficient (Wildman–Crippen LogP) is 3.80. The van der Waals surface area contributed by atoms with E-state index in [-0.39, 0.29) is 5.91 Å². The first-order valence-electron chi connectivity index (χ1n) is 10.6. The molecule has 30 heavy (non-hydrogen) atoms. The molecule has 0 spiro atoms. The van der Waals surface area contributed by atoms with Gasteiger partial charge in [-0.25, -0.2) is 0 Å². The number of nitrogens with zero attached hydrogens (tertiary/aromatic N) is 2. The summed E-state index contributed by atoms with van der Waals surface area (Å²) in [6.07, 6.45) is 2.01. The summed E-state index contributed by atoms with van der Waals surface area (Å²) in [4.78, 5) is 28.3. The first-order chi connectivity index (χ1) is 14.4. The van der Waals surface area contributed by atoms with Gasteiger partial charge in [-0.3, -0.25) is 9.59 Å². The summed E-state index contributed by atoms with van der Waals surface area (Å²) in [5.41, 5.74) is 11.4. The number of primary amides is 1. The number of piperidine rings is 1. The summed E-state index contributed by atoms with van der Waals surface area (Å²) in [6, 6.07) is 15.4. The Balaban J connectivity index is 1.99. The van der Waals surface area contributed by atoms with Crippen molar-refractivity contribution in [3.05, 3.63) is 76.4 Å². The maximum atomic E-state index is 12.7. The quantitative estimate of drug-likeness (QED) is 0.795. The fourth-order valence-corrected chi connectivity index (χ4v) is 3.99. The van der Waals surface area contributed by atoms with Crippen LogP contribution in [0.5, 0.6) is 0 Å². The van der Waals surface area contributed by atoms with Crippen molar-refractivity contribution >= 4 is 17.4 Å². The highest BCUT2D eigenvalue weighted by Gasteiger charge is 2.18. The molecular formula is C25H31N3O2. The third-order valence-corrected chi connectivity index (χ3v) is 5.87. The molecule has 0 aliphatic carbocycles. The average molecular weight is 406 g/mol. The minimum Gasteiger partial charge on any atom is -0.366 e. The van der Waals surface area contributed by atoms with Crippen LogP contribution in [0, 0.1) is 0 Å². The molecule has 1 aliphatic rings. The highest BCUT2D eigenvalue weighted by atomic mass is 16.2. The van der Waals surface area contributed by atoms with Gasteiger partial charge in [0.1, 0.15) is 0 Å². The highest BCUT2D eigenvalue weighted by molar-refractivity contribution is 5.95. The van der Waals surface area contributed by atoms with Crippen molar-refractivity contribution in [3.8, 4) is 0 Å². The van der Waals surface area contributed by atoms with E-state index in [2.05, 4.69) is 11.9 Å². The van der Waals surface area contributed by atoms with Gasteiger partial charge < -0.3 is 15.5 Å². The summed E-state index contributed by atoms with van der Waals surface area (Å²) < 4.78 is 0. The van der Waals surface area contributed by atoms with Crippen molar-refractivity contribution in [3.63, 3.8) is 0 Å². The lowest BCUT2D eigenvalue weighted by Crippen LogP contribution is -2.30. The van der Waals surface area contributed by atoms with Crippen LogP contribution >= 0.6 is 0 Å². The maximum absolute atomic E-state index is 12.7. The van der Waals surface area contributed by atoms with Crippen molar-refractivity contribution < 1.29 is 9.59 Å². The van der Waals surface area contributed by atoms with Crippen molar-refractivity contribution in [1.29, 1.82) is 0 Å². The van der Waals surface area contributed by atoms with Gasteiger partial charge in [0, 0.05) is 37.3 Å². The van der Waals surface area contributed by atoms with Gasteiger partial charge in [-0.05, 0) is 74.7 Å². The number of carbonyl (C=O) groups excluding carboxylic acids is 2. The molecule has 1 aliphatic heterocycles. The van der Waals surface area contributed by atoms with Gasteiger partial charge in [-0.1, -0.05) is 29.8 Å². The lowest BCUT2D eigenvalue weighted by atomic mass is 9.87. The first kappa shape index (κ1) is 21.8. The van der Waals surface area contributed by atoms with Crippen LogP contribution in [-0.4, -0.2) is 54.8 Å². The fourth-order valence-electron chi connectivity index (χ4n) is 3.99. The SMILES string of the molecule is CCN(CC)C(=O)c1ccc(C(=C2CCN(C)CC2)c2ccc(C(N)=O)cc2)cc1. The number of amides is 2. The number of carbonyl (C=O) groups is 2. The van der Waals surface area contributed by atoms with E-state index in [0.29, 0.717) is 24.2 Å². The van der Waals surface area contributed by atoms with E-state index >= 15 is 0 Å². The zero-order chi connectivity index (χ0) is 21.7. The lowest BCUT2D eigenvalue weighted by molar-refractivity contribution is 0.0772. The Labute approximate surface area is 179 Å². The van der Waals surface area contributed by atoms with E-state index in [1.165, 1.54) is 11.1 Å². The molecule has 2 amide bonds. The van der Waals surface area contributed by atoms with Crippen molar-refractivity contribution in [2.75, 3.05) is 33.2 Å².